The fourth-order valence-electron chi connectivity index (χ4n) is 3.41. The van der Waals surface area contributed by atoms with Crippen molar-refractivity contribution in [2.24, 2.45) is 5.73 Å². The highest BCUT2D eigenvalue weighted by molar-refractivity contribution is 6.00. The summed E-state index contributed by atoms with van der Waals surface area (Å²) < 4.78 is 13.2. The minimum Gasteiger partial charge on any atom is -0.351 e. The van der Waals surface area contributed by atoms with Gasteiger partial charge in [-0.15, -0.1) is 0 Å². The molecule has 0 saturated carbocycles. The highest BCUT2D eigenvalue weighted by Crippen LogP contribution is 2.20. The smallest absolute Gasteiger partial charge is 0.323 e. The van der Waals surface area contributed by atoms with Crippen LogP contribution in [0.15, 0.2) is 48.5 Å². The van der Waals surface area contributed by atoms with Gasteiger partial charge < -0.3 is 21.3 Å². The van der Waals surface area contributed by atoms with E-state index in [9.17, 15) is 18.8 Å². The number of benzene rings is 2. The predicted molar refractivity (Wildman–Crippen MR) is 115 cm³/mol. The molecule has 31 heavy (non-hydrogen) atoms. The van der Waals surface area contributed by atoms with Crippen molar-refractivity contribution in [2.75, 3.05) is 31.5 Å². The summed E-state index contributed by atoms with van der Waals surface area (Å²) in [6.45, 7) is 2.97. The number of hydrogen-bond donors (Lipinski definition) is 3. The lowest BCUT2D eigenvalue weighted by molar-refractivity contribution is -0.132. The van der Waals surface area contributed by atoms with Crippen LogP contribution >= 0.6 is 0 Å². The Morgan fingerprint density at radius 1 is 1.03 bits per heavy atom. The first-order valence-electron chi connectivity index (χ1n) is 10.1. The van der Waals surface area contributed by atoms with Crippen LogP contribution in [0.1, 0.15) is 22.3 Å². The van der Waals surface area contributed by atoms with Crippen molar-refractivity contribution in [1.29, 1.82) is 0 Å². The van der Waals surface area contributed by atoms with Gasteiger partial charge in [-0.3, -0.25) is 14.5 Å². The number of carbonyl (C=O) groups excluding carboxylic acids is 3. The lowest BCUT2D eigenvalue weighted by atomic mass is 10.1. The summed E-state index contributed by atoms with van der Waals surface area (Å²) in [7, 11) is 0. The van der Waals surface area contributed by atoms with Crippen molar-refractivity contribution in [3.63, 3.8) is 0 Å². The second kappa shape index (κ2) is 10.0. The number of rotatable bonds is 5. The minimum atomic E-state index is -1.13. The molecular formula is C22H26FN5O3. The van der Waals surface area contributed by atoms with E-state index in [-0.39, 0.29) is 25.5 Å². The third-order valence-electron chi connectivity index (χ3n) is 4.98. The van der Waals surface area contributed by atoms with Crippen molar-refractivity contribution in [2.45, 2.75) is 19.5 Å². The summed E-state index contributed by atoms with van der Waals surface area (Å²) in [5.41, 5.74) is 7.32. The minimum absolute atomic E-state index is 0.218. The fraction of sp³-hybridized carbons (Fsp3) is 0.318. The zero-order valence-corrected chi connectivity index (χ0v) is 17.3. The van der Waals surface area contributed by atoms with E-state index in [0.717, 1.165) is 5.56 Å². The van der Waals surface area contributed by atoms with Gasteiger partial charge in [-0.25, -0.2) is 9.18 Å². The van der Waals surface area contributed by atoms with Crippen LogP contribution in [0.5, 0.6) is 0 Å². The van der Waals surface area contributed by atoms with Crippen molar-refractivity contribution >= 4 is 23.5 Å². The lowest BCUT2D eigenvalue weighted by Gasteiger charge is -2.42. The molecule has 0 aliphatic carbocycles. The number of nitrogens with zero attached hydrogens (tertiary/aromatic N) is 2. The molecule has 8 nitrogen and oxygen atoms in total. The van der Waals surface area contributed by atoms with Gasteiger partial charge in [-0.05, 0) is 49.7 Å². The molecule has 1 heterocycles. The van der Waals surface area contributed by atoms with Crippen molar-refractivity contribution < 1.29 is 18.8 Å². The lowest BCUT2D eigenvalue weighted by Crippen LogP contribution is -2.64. The van der Waals surface area contributed by atoms with Gasteiger partial charge in [0.2, 0.25) is 0 Å². The van der Waals surface area contributed by atoms with Crippen molar-refractivity contribution in [3.05, 3.63) is 65.5 Å². The molecule has 1 aliphatic heterocycles. The van der Waals surface area contributed by atoms with Gasteiger partial charge in [0.05, 0.1) is 0 Å². The zero-order chi connectivity index (χ0) is 22.4. The first-order valence-corrected chi connectivity index (χ1v) is 10.1. The van der Waals surface area contributed by atoms with Gasteiger partial charge in [0.1, 0.15) is 5.82 Å². The summed E-state index contributed by atoms with van der Waals surface area (Å²) in [5.74, 6) is -1.25. The molecule has 2 aromatic rings. The van der Waals surface area contributed by atoms with Gasteiger partial charge in [0.25, 0.3) is 11.8 Å². The van der Waals surface area contributed by atoms with Crippen LogP contribution in [0.25, 0.3) is 0 Å². The maximum Gasteiger partial charge on any atom is 0.323 e. The molecule has 1 fully saturated rings. The monoisotopic (exact) mass is 427 g/mol. The number of amides is 4. The van der Waals surface area contributed by atoms with Crippen LogP contribution < -0.4 is 16.4 Å². The predicted octanol–water partition coefficient (Wildman–Crippen LogP) is 1.92. The third-order valence-corrected chi connectivity index (χ3v) is 4.98. The van der Waals surface area contributed by atoms with E-state index in [4.69, 9.17) is 5.73 Å². The van der Waals surface area contributed by atoms with Crippen LogP contribution in [-0.4, -0.2) is 60.0 Å². The Bertz CT molecular complexity index is 933. The molecule has 0 aromatic heterocycles. The van der Waals surface area contributed by atoms with Crippen molar-refractivity contribution in [1.82, 2.24) is 15.1 Å². The normalized spacial score (nSPS) is 16.0. The maximum absolute atomic E-state index is 13.2. The third kappa shape index (κ3) is 5.37. The number of urea groups is 1. The van der Waals surface area contributed by atoms with Crippen LogP contribution in [0, 0.1) is 12.7 Å². The number of aryl methyl sites for hydroxylation is 1. The fourth-order valence-corrected chi connectivity index (χ4v) is 3.41. The summed E-state index contributed by atoms with van der Waals surface area (Å²) in [6.07, 6.45) is -0.621. The quantitative estimate of drug-likeness (QED) is 0.677. The molecular weight excluding hydrogens is 401 g/mol. The molecule has 0 radical (unpaired) electrons. The standard InChI is InChI=1S/C22H26FN5O3/c1-15-3-5-16(6-4-15)21(30)27-13-2-14-28(20(27)19(29)25-12-11-24)22(31)26-18-9-7-17(23)8-10-18/h3-10,20H,2,11-14,24H2,1H3,(H,25,29)(H,26,31). The Labute approximate surface area is 180 Å². The molecule has 1 saturated heterocycles. The van der Waals surface area contributed by atoms with E-state index in [1.54, 1.807) is 12.1 Å². The first kappa shape index (κ1) is 22.2. The molecule has 2 aromatic carbocycles. The second-order valence-corrected chi connectivity index (χ2v) is 7.30. The number of anilines is 1. The van der Waals surface area contributed by atoms with E-state index in [1.807, 2.05) is 19.1 Å². The Kier molecular flexibility index (Phi) is 7.19. The average Bonchev–Trinajstić information content (AvgIpc) is 2.78. The molecule has 1 atom stereocenters. The van der Waals surface area contributed by atoms with Crippen LogP contribution in [0.2, 0.25) is 0 Å². The first-order chi connectivity index (χ1) is 14.9. The van der Waals surface area contributed by atoms with Crippen LogP contribution in [0.4, 0.5) is 14.9 Å². The number of halogens is 1. The molecule has 3 rings (SSSR count). The molecule has 0 spiro atoms. The molecule has 0 bridgehead atoms. The van der Waals surface area contributed by atoms with E-state index in [1.165, 1.54) is 34.1 Å². The molecule has 4 N–H and O–H groups in total. The topological polar surface area (TPSA) is 108 Å². The molecule has 1 unspecified atom stereocenters. The Hall–Kier alpha value is -3.46. The number of hydrogen-bond acceptors (Lipinski definition) is 4. The van der Waals surface area contributed by atoms with E-state index < -0.39 is 23.9 Å². The number of nitrogens with two attached hydrogens (primary N) is 1. The number of nitrogens with one attached hydrogen (secondary N) is 2. The van der Waals surface area contributed by atoms with Gasteiger partial charge >= 0.3 is 6.03 Å². The molecule has 1 aliphatic rings. The highest BCUT2D eigenvalue weighted by atomic mass is 19.1. The summed E-state index contributed by atoms with van der Waals surface area (Å²) in [4.78, 5) is 41.8. The van der Waals surface area contributed by atoms with Gasteiger partial charge in [-0.1, -0.05) is 17.7 Å². The molecule has 9 heteroatoms. The maximum atomic E-state index is 13.2. The average molecular weight is 427 g/mol. The van der Waals surface area contributed by atoms with E-state index in [0.29, 0.717) is 24.2 Å². The molecule has 4 amide bonds. The summed E-state index contributed by atoms with van der Waals surface area (Å²) >= 11 is 0. The van der Waals surface area contributed by atoms with Crippen LogP contribution in [0.3, 0.4) is 0 Å². The van der Waals surface area contributed by atoms with Gasteiger partial charge in [-0.2, -0.15) is 0 Å². The zero-order valence-electron chi connectivity index (χ0n) is 17.3. The summed E-state index contributed by atoms with van der Waals surface area (Å²) in [5, 5.41) is 5.34. The summed E-state index contributed by atoms with van der Waals surface area (Å²) in [6, 6.07) is 11.8. The van der Waals surface area contributed by atoms with Crippen molar-refractivity contribution in [3.8, 4) is 0 Å². The Morgan fingerprint density at radius 3 is 2.32 bits per heavy atom. The molecule has 164 valence electrons. The van der Waals surface area contributed by atoms with Gasteiger partial charge in [0, 0.05) is 37.4 Å². The Morgan fingerprint density at radius 2 is 1.68 bits per heavy atom. The Balaban J connectivity index is 1.86. The second-order valence-electron chi connectivity index (χ2n) is 7.30. The van der Waals surface area contributed by atoms with E-state index >= 15 is 0 Å². The number of carbonyl (C=O) groups is 3. The van der Waals surface area contributed by atoms with Gasteiger partial charge in [0.15, 0.2) is 6.17 Å². The highest BCUT2D eigenvalue weighted by Gasteiger charge is 2.40. The van der Waals surface area contributed by atoms with Crippen LogP contribution in [-0.2, 0) is 4.79 Å². The largest absolute Gasteiger partial charge is 0.351 e. The SMILES string of the molecule is Cc1ccc(C(=O)N2CCCN(C(=O)Nc3ccc(F)cc3)C2C(=O)NCCN)cc1. The van der Waals surface area contributed by atoms with E-state index in [2.05, 4.69) is 10.6 Å².